The average molecular weight is 250 g/mol. The number of hydrogen-bond acceptors (Lipinski definition) is 3. The van der Waals surface area contributed by atoms with Crippen molar-refractivity contribution < 1.29 is 4.79 Å². The summed E-state index contributed by atoms with van der Waals surface area (Å²) in [5.41, 5.74) is 0.887. The predicted molar refractivity (Wildman–Crippen MR) is 72.4 cm³/mol. The second-order valence-corrected chi connectivity index (χ2v) is 5.14. The molecule has 3 nitrogen and oxygen atoms in total. The van der Waals surface area contributed by atoms with E-state index < -0.39 is 0 Å². The van der Waals surface area contributed by atoms with Crippen LogP contribution in [0.4, 0.5) is 5.69 Å². The molecule has 1 aliphatic heterocycles. The van der Waals surface area contributed by atoms with E-state index in [4.69, 9.17) is 0 Å². The van der Waals surface area contributed by atoms with Crippen LogP contribution in [0.5, 0.6) is 0 Å². The molecule has 0 bridgehead atoms. The van der Waals surface area contributed by atoms with Crippen molar-refractivity contribution in [2.45, 2.75) is 17.7 Å². The summed E-state index contributed by atoms with van der Waals surface area (Å²) in [6.45, 7) is 1.83. The van der Waals surface area contributed by atoms with Crippen LogP contribution in [0.3, 0.4) is 0 Å². The SMILES string of the molecule is CSc1ccc(NC(=O)[C@H]2CCCNC2)cc1. The Bertz CT molecular complexity index is 372. The van der Waals surface area contributed by atoms with E-state index in [1.54, 1.807) is 11.8 Å². The van der Waals surface area contributed by atoms with Gasteiger partial charge in [-0.25, -0.2) is 0 Å². The fourth-order valence-corrected chi connectivity index (χ4v) is 2.40. The molecule has 0 aliphatic carbocycles. The first-order chi connectivity index (χ1) is 8.29. The normalized spacial score (nSPS) is 19.9. The second-order valence-electron chi connectivity index (χ2n) is 4.26. The van der Waals surface area contributed by atoms with Crippen LogP contribution in [-0.4, -0.2) is 25.3 Å². The average Bonchev–Trinajstić information content (AvgIpc) is 2.40. The first kappa shape index (κ1) is 12.5. The molecule has 0 radical (unpaired) electrons. The Kier molecular flexibility index (Phi) is 4.45. The van der Waals surface area contributed by atoms with Gasteiger partial charge in [0.15, 0.2) is 0 Å². The maximum Gasteiger partial charge on any atom is 0.228 e. The van der Waals surface area contributed by atoms with Gasteiger partial charge in [-0.3, -0.25) is 4.79 Å². The van der Waals surface area contributed by atoms with Crippen molar-refractivity contribution in [3.8, 4) is 0 Å². The molecule has 92 valence electrons. The zero-order chi connectivity index (χ0) is 12.1. The highest BCUT2D eigenvalue weighted by Crippen LogP contribution is 2.19. The van der Waals surface area contributed by atoms with Gasteiger partial charge in [0.2, 0.25) is 5.91 Å². The molecule has 0 aromatic heterocycles. The highest BCUT2D eigenvalue weighted by Gasteiger charge is 2.20. The van der Waals surface area contributed by atoms with Crippen molar-refractivity contribution in [1.82, 2.24) is 5.32 Å². The second kappa shape index (κ2) is 6.07. The van der Waals surface area contributed by atoms with Crippen LogP contribution in [0, 0.1) is 5.92 Å². The topological polar surface area (TPSA) is 41.1 Å². The quantitative estimate of drug-likeness (QED) is 0.809. The van der Waals surface area contributed by atoms with Gasteiger partial charge in [-0.05, 0) is 49.9 Å². The molecule has 17 heavy (non-hydrogen) atoms. The third-order valence-corrected chi connectivity index (χ3v) is 3.77. The minimum atomic E-state index is 0.115. The number of anilines is 1. The number of thioether (sulfide) groups is 1. The summed E-state index contributed by atoms with van der Waals surface area (Å²) in [4.78, 5) is 13.2. The lowest BCUT2D eigenvalue weighted by Crippen LogP contribution is -2.37. The Labute approximate surface area is 106 Å². The molecule has 2 rings (SSSR count). The van der Waals surface area contributed by atoms with Crippen LogP contribution in [0.2, 0.25) is 0 Å². The van der Waals surface area contributed by atoms with Gasteiger partial charge >= 0.3 is 0 Å². The van der Waals surface area contributed by atoms with E-state index in [1.807, 2.05) is 30.5 Å². The third-order valence-electron chi connectivity index (χ3n) is 3.03. The minimum Gasteiger partial charge on any atom is -0.326 e. The van der Waals surface area contributed by atoms with Crippen LogP contribution in [-0.2, 0) is 4.79 Å². The zero-order valence-electron chi connectivity index (χ0n) is 10.0. The molecule has 1 amide bonds. The van der Waals surface area contributed by atoms with Gasteiger partial charge in [-0.2, -0.15) is 0 Å². The van der Waals surface area contributed by atoms with Gasteiger partial charge < -0.3 is 10.6 Å². The molecule has 0 saturated carbocycles. The molecule has 0 unspecified atom stereocenters. The van der Waals surface area contributed by atoms with Gasteiger partial charge in [-0.15, -0.1) is 11.8 Å². The smallest absolute Gasteiger partial charge is 0.228 e. The Balaban J connectivity index is 1.92. The van der Waals surface area contributed by atoms with E-state index in [-0.39, 0.29) is 11.8 Å². The van der Waals surface area contributed by atoms with E-state index >= 15 is 0 Å². The lowest BCUT2D eigenvalue weighted by Gasteiger charge is -2.21. The number of benzene rings is 1. The Hall–Kier alpha value is -1.00. The minimum absolute atomic E-state index is 0.115. The largest absolute Gasteiger partial charge is 0.326 e. The van der Waals surface area contributed by atoms with E-state index in [0.717, 1.165) is 31.6 Å². The van der Waals surface area contributed by atoms with Gasteiger partial charge in [0.05, 0.1) is 5.92 Å². The standard InChI is InChI=1S/C13H18N2OS/c1-17-12-6-4-11(5-7-12)15-13(16)10-3-2-8-14-9-10/h4-7,10,14H,2-3,8-9H2,1H3,(H,15,16)/t10-/m0/s1. The number of carbonyl (C=O) groups excluding carboxylic acids is 1. The van der Waals surface area contributed by atoms with Crippen molar-refractivity contribution in [1.29, 1.82) is 0 Å². The number of rotatable bonds is 3. The summed E-state index contributed by atoms with van der Waals surface area (Å²) in [6, 6.07) is 7.97. The van der Waals surface area contributed by atoms with Gasteiger partial charge in [0, 0.05) is 17.1 Å². The lowest BCUT2D eigenvalue weighted by atomic mass is 9.99. The van der Waals surface area contributed by atoms with Crippen molar-refractivity contribution in [3.05, 3.63) is 24.3 Å². The van der Waals surface area contributed by atoms with Crippen molar-refractivity contribution in [2.24, 2.45) is 5.92 Å². The van der Waals surface area contributed by atoms with Gasteiger partial charge in [0.25, 0.3) is 0 Å². The maximum absolute atomic E-state index is 12.0. The van der Waals surface area contributed by atoms with Gasteiger partial charge in [-0.1, -0.05) is 0 Å². The van der Waals surface area contributed by atoms with Gasteiger partial charge in [0.1, 0.15) is 0 Å². The van der Waals surface area contributed by atoms with Crippen molar-refractivity contribution in [3.63, 3.8) is 0 Å². The van der Waals surface area contributed by atoms with E-state index in [0.29, 0.717) is 0 Å². The zero-order valence-corrected chi connectivity index (χ0v) is 10.8. The summed E-state index contributed by atoms with van der Waals surface area (Å²) in [5, 5.41) is 6.23. The number of hydrogen-bond donors (Lipinski definition) is 2. The van der Waals surface area contributed by atoms with Crippen LogP contribution in [0.15, 0.2) is 29.2 Å². The van der Waals surface area contributed by atoms with Crippen molar-refractivity contribution >= 4 is 23.4 Å². The molecule has 1 saturated heterocycles. The number of carbonyl (C=O) groups is 1. The molecule has 1 atom stereocenters. The van der Waals surface area contributed by atoms with E-state index in [9.17, 15) is 4.79 Å². The van der Waals surface area contributed by atoms with Crippen LogP contribution >= 0.6 is 11.8 Å². The summed E-state index contributed by atoms with van der Waals surface area (Å²) in [5.74, 6) is 0.248. The summed E-state index contributed by atoms with van der Waals surface area (Å²) >= 11 is 1.70. The molecule has 4 heteroatoms. The molecule has 1 aliphatic rings. The first-order valence-electron chi connectivity index (χ1n) is 5.95. The first-order valence-corrected chi connectivity index (χ1v) is 7.17. The monoisotopic (exact) mass is 250 g/mol. The van der Waals surface area contributed by atoms with Crippen LogP contribution in [0.25, 0.3) is 0 Å². The Morgan fingerprint density at radius 1 is 1.41 bits per heavy atom. The Morgan fingerprint density at radius 3 is 2.76 bits per heavy atom. The fourth-order valence-electron chi connectivity index (χ4n) is 1.99. The summed E-state index contributed by atoms with van der Waals surface area (Å²) in [7, 11) is 0. The van der Waals surface area contributed by atoms with Crippen molar-refractivity contribution in [2.75, 3.05) is 24.7 Å². The molecule has 1 aromatic carbocycles. The molecular formula is C13H18N2OS. The molecule has 2 N–H and O–H groups in total. The third kappa shape index (κ3) is 3.48. The number of amides is 1. The number of piperidine rings is 1. The Morgan fingerprint density at radius 2 is 2.18 bits per heavy atom. The summed E-state index contributed by atoms with van der Waals surface area (Å²) < 4.78 is 0. The summed E-state index contributed by atoms with van der Waals surface area (Å²) in [6.07, 6.45) is 4.12. The lowest BCUT2D eigenvalue weighted by molar-refractivity contribution is -0.120. The predicted octanol–water partition coefficient (Wildman–Crippen LogP) is 2.35. The molecule has 1 fully saturated rings. The number of nitrogens with one attached hydrogen (secondary N) is 2. The van der Waals surface area contributed by atoms with Crippen LogP contribution < -0.4 is 10.6 Å². The van der Waals surface area contributed by atoms with E-state index in [1.165, 1.54) is 4.90 Å². The molecule has 1 heterocycles. The fraction of sp³-hybridized carbons (Fsp3) is 0.462. The maximum atomic E-state index is 12.0. The molecule has 1 aromatic rings. The highest BCUT2D eigenvalue weighted by molar-refractivity contribution is 7.98. The molecular weight excluding hydrogens is 232 g/mol. The highest BCUT2D eigenvalue weighted by atomic mass is 32.2. The van der Waals surface area contributed by atoms with Crippen LogP contribution in [0.1, 0.15) is 12.8 Å². The molecule has 0 spiro atoms. The van der Waals surface area contributed by atoms with E-state index in [2.05, 4.69) is 10.6 Å².